The summed E-state index contributed by atoms with van der Waals surface area (Å²) in [4.78, 5) is 28.8. The molecule has 0 unspecified atom stereocenters. The molecule has 1 aliphatic rings. The van der Waals surface area contributed by atoms with Gasteiger partial charge in [0.05, 0.1) is 7.11 Å². The van der Waals surface area contributed by atoms with Gasteiger partial charge in [0, 0.05) is 18.5 Å². The number of ether oxygens (including phenoxy) is 1. The molecule has 1 N–H and O–H groups in total. The van der Waals surface area contributed by atoms with E-state index in [1.807, 2.05) is 42.5 Å². The fourth-order valence-corrected chi connectivity index (χ4v) is 5.23. The van der Waals surface area contributed by atoms with Crippen molar-refractivity contribution < 1.29 is 18.7 Å². The molecule has 4 rings (SSSR count). The third-order valence-corrected chi connectivity index (χ3v) is 7.36. The normalized spacial score (nSPS) is 13.9. The molecule has 1 saturated carbocycles. The number of unbranched alkanes of at least 4 members (excludes halogenated alkanes) is 1. The zero-order valence-corrected chi connectivity index (χ0v) is 21.8. The molecule has 0 aliphatic heterocycles. The van der Waals surface area contributed by atoms with Gasteiger partial charge in [0.25, 0.3) is 5.91 Å². The van der Waals surface area contributed by atoms with Crippen LogP contribution in [0, 0.1) is 5.92 Å². The standard InChI is InChI=1S/C31H38N2O4/c1-36-29(34)19-18-24-14-5-6-15-25(24)21-26-16-7-8-17-27(26)31-33-28(22-37-31)30(35)32-20-10-9-13-23-11-3-2-4-12-23/h5-8,14-17,22-23H,2-4,9-13,18-21H2,1H3,(H,32,35). The lowest BCUT2D eigenvalue weighted by atomic mass is 9.86. The van der Waals surface area contributed by atoms with Crippen LogP contribution in [0.25, 0.3) is 11.5 Å². The predicted octanol–water partition coefficient (Wildman–Crippen LogP) is 6.52. The number of nitrogens with one attached hydrogen (secondary N) is 1. The maximum Gasteiger partial charge on any atom is 0.305 e. The topological polar surface area (TPSA) is 81.4 Å². The molecule has 1 aliphatic carbocycles. The average Bonchev–Trinajstić information content (AvgIpc) is 3.43. The van der Waals surface area contributed by atoms with Crippen molar-refractivity contribution in [2.24, 2.45) is 5.92 Å². The van der Waals surface area contributed by atoms with Gasteiger partial charge < -0.3 is 14.5 Å². The van der Waals surface area contributed by atoms with Crippen LogP contribution in [0.2, 0.25) is 0 Å². The van der Waals surface area contributed by atoms with Crippen molar-refractivity contribution in [2.45, 2.75) is 70.6 Å². The summed E-state index contributed by atoms with van der Waals surface area (Å²) in [6, 6.07) is 16.0. The molecule has 1 amide bonds. The van der Waals surface area contributed by atoms with Gasteiger partial charge >= 0.3 is 5.97 Å². The van der Waals surface area contributed by atoms with E-state index in [0.29, 0.717) is 37.4 Å². The van der Waals surface area contributed by atoms with Gasteiger partial charge in [-0.05, 0) is 47.9 Å². The molecule has 0 bridgehead atoms. The van der Waals surface area contributed by atoms with Crippen LogP contribution < -0.4 is 5.32 Å². The lowest BCUT2D eigenvalue weighted by Crippen LogP contribution is -2.24. The quantitative estimate of drug-likeness (QED) is 0.225. The number of hydrogen-bond donors (Lipinski definition) is 1. The molecule has 37 heavy (non-hydrogen) atoms. The van der Waals surface area contributed by atoms with Crippen molar-refractivity contribution in [2.75, 3.05) is 13.7 Å². The Morgan fingerprint density at radius 3 is 2.49 bits per heavy atom. The maximum atomic E-state index is 12.7. The first-order chi connectivity index (χ1) is 18.1. The number of benzene rings is 2. The van der Waals surface area contributed by atoms with Crippen LogP contribution in [0.3, 0.4) is 0 Å². The highest BCUT2D eigenvalue weighted by Gasteiger charge is 2.17. The molecule has 1 fully saturated rings. The first-order valence-corrected chi connectivity index (χ1v) is 13.6. The van der Waals surface area contributed by atoms with E-state index in [4.69, 9.17) is 9.15 Å². The minimum atomic E-state index is -0.218. The van der Waals surface area contributed by atoms with Crippen LogP contribution in [-0.2, 0) is 22.4 Å². The monoisotopic (exact) mass is 502 g/mol. The summed E-state index contributed by atoms with van der Waals surface area (Å²) in [5.74, 6) is 0.899. The summed E-state index contributed by atoms with van der Waals surface area (Å²) in [6.45, 7) is 0.659. The number of carbonyl (C=O) groups is 2. The Labute approximate surface area is 219 Å². The van der Waals surface area contributed by atoms with Gasteiger partial charge in [-0.1, -0.05) is 87.4 Å². The van der Waals surface area contributed by atoms with Gasteiger partial charge in [-0.2, -0.15) is 0 Å². The molecule has 1 heterocycles. The molecule has 196 valence electrons. The van der Waals surface area contributed by atoms with Crippen molar-refractivity contribution in [3.05, 3.63) is 77.2 Å². The molecule has 0 spiro atoms. The summed E-state index contributed by atoms with van der Waals surface area (Å²) < 4.78 is 10.5. The van der Waals surface area contributed by atoms with Crippen molar-refractivity contribution in [1.29, 1.82) is 0 Å². The Kier molecular flexibility index (Phi) is 9.92. The number of aromatic nitrogens is 1. The summed E-state index contributed by atoms with van der Waals surface area (Å²) in [5.41, 5.74) is 4.45. The van der Waals surface area contributed by atoms with E-state index in [9.17, 15) is 9.59 Å². The second-order valence-electron chi connectivity index (χ2n) is 9.97. The molecule has 0 saturated heterocycles. The van der Waals surface area contributed by atoms with E-state index in [0.717, 1.165) is 41.0 Å². The Bertz CT molecular complexity index is 1160. The number of rotatable bonds is 12. The van der Waals surface area contributed by atoms with Crippen molar-refractivity contribution >= 4 is 11.9 Å². The highest BCUT2D eigenvalue weighted by molar-refractivity contribution is 5.92. The third-order valence-electron chi connectivity index (χ3n) is 7.36. The Balaban J connectivity index is 1.35. The van der Waals surface area contributed by atoms with Gasteiger partial charge in [0.2, 0.25) is 5.89 Å². The second-order valence-corrected chi connectivity index (χ2v) is 9.97. The fourth-order valence-electron chi connectivity index (χ4n) is 5.23. The van der Waals surface area contributed by atoms with Gasteiger partial charge in [-0.3, -0.25) is 9.59 Å². The highest BCUT2D eigenvalue weighted by Crippen LogP contribution is 2.28. The number of aryl methyl sites for hydroxylation is 1. The maximum absolute atomic E-state index is 12.7. The van der Waals surface area contributed by atoms with Crippen LogP contribution in [0.1, 0.15) is 85.0 Å². The minimum Gasteiger partial charge on any atom is -0.469 e. The van der Waals surface area contributed by atoms with Crippen molar-refractivity contribution in [1.82, 2.24) is 10.3 Å². The number of amides is 1. The number of oxazole rings is 1. The molecular formula is C31H38N2O4. The van der Waals surface area contributed by atoms with E-state index in [1.165, 1.54) is 51.9 Å². The van der Waals surface area contributed by atoms with Crippen LogP contribution >= 0.6 is 0 Å². The molecule has 6 nitrogen and oxygen atoms in total. The number of carbonyl (C=O) groups excluding carboxylic acids is 2. The first kappa shape index (κ1) is 26.6. The lowest BCUT2D eigenvalue weighted by Gasteiger charge is -2.21. The van der Waals surface area contributed by atoms with Crippen molar-refractivity contribution in [3.8, 4) is 11.5 Å². The van der Waals surface area contributed by atoms with Gasteiger partial charge in [0.15, 0.2) is 5.69 Å². The van der Waals surface area contributed by atoms with Gasteiger partial charge in [-0.15, -0.1) is 0 Å². The molecule has 2 aromatic carbocycles. The molecule has 6 heteroatoms. The van der Waals surface area contributed by atoms with E-state index in [1.54, 1.807) is 0 Å². The average molecular weight is 503 g/mol. The van der Waals surface area contributed by atoms with Crippen LogP contribution in [-0.4, -0.2) is 30.5 Å². The van der Waals surface area contributed by atoms with E-state index in [2.05, 4.69) is 16.4 Å². The zero-order valence-electron chi connectivity index (χ0n) is 21.8. The van der Waals surface area contributed by atoms with E-state index in [-0.39, 0.29) is 11.9 Å². The number of hydrogen-bond acceptors (Lipinski definition) is 5. The molecule has 0 radical (unpaired) electrons. The summed E-state index contributed by atoms with van der Waals surface area (Å²) in [5, 5.41) is 2.99. The summed E-state index contributed by atoms with van der Waals surface area (Å²) >= 11 is 0. The summed E-state index contributed by atoms with van der Waals surface area (Å²) in [6.07, 6.45) is 13.4. The molecular weight excluding hydrogens is 464 g/mol. The Hall–Kier alpha value is -3.41. The number of methoxy groups -OCH3 is 1. The third kappa shape index (κ3) is 7.78. The van der Waals surface area contributed by atoms with Crippen LogP contribution in [0.15, 0.2) is 59.2 Å². The smallest absolute Gasteiger partial charge is 0.305 e. The van der Waals surface area contributed by atoms with Crippen molar-refractivity contribution in [3.63, 3.8) is 0 Å². The number of nitrogens with zero attached hydrogens (tertiary/aromatic N) is 1. The Morgan fingerprint density at radius 1 is 0.973 bits per heavy atom. The van der Waals surface area contributed by atoms with Crippen LogP contribution in [0.5, 0.6) is 0 Å². The second kappa shape index (κ2) is 13.8. The lowest BCUT2D eigenvalue weighted by molar-refractivity contribution is -0.140. The molecule has 1 aromatic heterocycles. The number of esters is 1. The minimum absolute atomic E-state index is 0.196. The largest absolute Gasteiger partial charge is 0.469 e. The first-order valence-electron chi connectivity index (χ1n) is 13.6. The summed E-state index contributed by atoms with van der Waals surface area (Å²) in [7, 11) is 1.41. The molecule has 3 aromatic rings. The zero-order chi connectivity index (χ0) is 25.9. The predicted molar refractivity (Wildman–Crippen MR) is 144 cm³/mol. The van der Waals surface area contributed by atoms with E-state index < -0.39 is 0 Å². The van der Waals surface area contributed by atoms with E-state index >= 15 is 0 Å². The van der Waals surface area contributed by atoms with Gasteiger partial charge in [0.1, 0.15) is 6.26 Å². The van der Waals surface area contributed by atoms with Crippen LogP contribution in [0.4, 0.5) is 0 Å². The SMILES string of the molecule is COC(=O)CCc1ccccc1Cc1ccccc1-c1nc(C(=O)NCCCCC2CCCCC2)co1. The molecule has 0 atom stereocenters. The van der Waals surface area contributed by atoms with Gasteiger partial charge in [-0.25, -0.2) is 4.98 Å². The fraction of sp³-hybridized carbons (Fsp3) is 0.452. The highest BCUT2D eigenvalue weighted by atomic mass is 16.5. The Morgan fingerprint density at radius 2 is 1.70 bits per heavy atom.